The summed E-state index contributed by atoms with van der Waals surface area (Å²) in [7, 11) is 1.62. The molecule has 0 aromatic rings. The second-order valence-corrected chi connectivity index (χ2v) is 4.75. The van der Waals surface area contributed by atoms with E-state index in [2.05, 4.69) is 5.32 Å². The van der Waals surface area contributed by atoms with Crippen LogP contribution in [0.4, 0.5) is 0 Å². The number of nitrogens with one attached hydrogen (secondary N) is 1. The maximum atomic E-state index is 11.7. The van der Waals surface area contributed by atoms with Gasteiger partial charge >= 0.3 is 0 Å². The standard InChI is InChI=1S/C12H22ClNO3/c1-16-9-10(6-7-13)14-12(15)5-4-11-3-2-8-17-11/h10-11H,2-9H2,1H3,(H,14,15). The molecule has 2 atom stereocenters. The largest absolute Gasteiger partial charge is 0.383 e. The summed E-state index contributed by atoms with van der Waals surface area (Å²) in [6.45, 7) is 1.35. The minimum absolute atomic E-state index is 0.0227. The second-order valence-electron chi connectivity index (χ2n) is 4.37. The minimum Gasteiger partial charge on any atom is -0.383 e. The van der Waals surface area contributed by atoms with Crippen LogP contribution in [0.2, 0.25) is 0 Å². The van der Waals surface area contributed by atoms with Crippen molar-refractivity contribution in [2.24, 2.45) is 0 Å². The molecule has 0 aromatic heterocycles. The predicted octanol–water partition coefficient (Wildman–Crippen LogP) is 1.71. The van der Waals surface area contributed by atoms with E-state index in [-0.39, 0.29) is 18.1 Å². The monoisotopic (exact) mass is 263 g/mol. The van der Waals surface area contributed by atoms with Crippen molar-refractivity contribution in [1.29, 1.82) is 0 Å². The number of halogens is 1. The summed E-state index contributed by atoms with van der Waals surface area (Å²) in [4.78, 5) is 11.7. The Kier molecular flexibility index (Phi) is 7.56. The zero-order valence-corrected chi connectivity index (χ0v) is 11.2. The van der Waals surface area contributed by atoms with Crippen molar-refractivity contribution in [3.8, 4) is 0 Å². The first-order chi connectivity index (χ1) is 8.26. The van der Waals surface area contributed by atoms with Gasteiger partial charge in [0, 0.05) is 26.0 Å². The van der Waals surface area contributed by atoms with Crippen molar-refractivity contribution in [3.63, 3.8) is 0 Å². The molecule has 0 saturated carbocycles. The highest BCUT2D eigenvalue weighted by Crippen LogP contribution is 2.16. The molecular formula is C12H22ClNO3. The number of alkyl halides is 1. The highest BCUT2D eigenvalue weighted by molar-refractivity contribution is 6.17. The fourth-order valence-corrected chi connectivity index (χ4v) is 2.26. The van der Waals surface area contributed by atoms with Crippen LogP contribution in [0.3, 0.4) is 0 Å². The van der Waals surface area contributed by atoms with Gasteiger partial charge in [-0.2, -0.15) is 0 Å². The number of hydrogen-bond acceptors (Lipinski definition) is 3. The van der Waals surface area contributed by atoms with E-state index in [0.717, 1.165) is 32.3 Å². The highest BCUT2D eigenvalue weighted by Gasteiger charge is 2.18. The maximum absolute atomic E-state index is 11.7. The van der Waals surface area contributed by atoms with E-state index < -0.39 is 0 Å². The molecule has 0 spiro atoms. The first-order valence-corrected chi connectivity index (χ1v) is 6.75. The third kappa shape index (κ3) is 6.24. The molecule has 100 valence electrons. The topological polar surface area (TPSA) is 47.6 Å². The third-order valence-corrected chi connectivity index (χ3v) is 3.13. The lowest BCUT2D eigenvalue weighted by Gasteiger charge is -2.17. The Morgan fingerprint density at radius 3 is 3.06 bits per heavy atom. The van der Waals surface area contributed by atoms with Crippen molar-refractivity contribution in [2.45, 2.75) is 44.2 Å². The molecule has 1 amide bonds. The van der Waals surface area contributed by atoms with Gasteiger partial charge in [0.2, 0.25) is 5.91 Å². The van der Waals surface area contributed by atoms with Gasteiger partial charge in [0.25, 0.3) is 0 Å². The van der Waals surface area contributed by atoms with Crippen LogP contribution < -0.4 is 5.32 Å². The van der Waals surface area contributed by atoms with Crippen molar-refractivity contribution in [3.05, 3.63) is 0 Å². The Balaban J connectivity index is 2.16. The van der Waals surface area contributed by atoms with Crippen LogP contribution in [0.5, 0.6) is 0 Å². The molecule has 0 aliphatic carbocycles. The number of ether oxygens (including phenoxy) is 2. The average molecular weight is 264 g/mol. The molecule has 5 heteroatoms. The fraction of sp³-hybridized carbons (Fsp3) is 0.917. The summed E-state index contributed by atoms with van der Waals surface area (Å²) >= 11 is 5.67. The van der Waals surface area contributed by atoms with E-state index in [1.54, 1.807) is 7.11 Å². The molecule has 1 heterocycles. The molecule has 0 aromatic carbocycles. The Morgan fingerprint density at radius 1 is 1.65 bits per heavy atom. The van der Waals surface area contributed by atoms with Crippen LogP contribution in [0, 0.1) is 0 Å². The van der Waals surface area contributed by atoms with Gasteiger partial charge in [-0.3, -0.25) is 4.79 Å². The fourth-order valence-electron chi connectivity index (χ4n) is 1.99. The van der Waals surface area contributed by atoms with Crippen molar-refractivity contribution < 1.29 is 14.3 Å². The van der Waals surface area contributed by atoms with Crippen LogP contribution in [0.15, 0.2) is 0 Å². The molecule has 17 heavy (non-hydrogen) atoms. The summed E-state index contributed by atoms with van der Waals surface area (Å²) < 4.78 is 10.5. The molecule has 2 unspecified atom stereocenters. The zero-order valence-electron chi connectivity index (χ0n) is 10.4. The van der Waals surface area contributed by atoms with Gasteiger partial charge in [0.05, 0.1) is 18.8 Å². The number of rotatable bonds is 8. The molecule has 1 aliphatic heterocycles. The van der Waals surface area contributed by atoms with Crippen molar-refractivity contribution in [2.75, 3.05) is 26.2 Å². The first kappa shape index (κ1) is 14.7. The highest BCUT2D eigenvalue weighted by atomic mass is 35.5. The Morgan fingerprint density at radius 2 is 2.47 bits per heavy atom. The Hall–Kier alpha value is -0.320. The smallest absolute Gasteiger partial charge is 0.220 e. The molecule has 1 rings (SSSR count). The van der Waals surface area contributed by atoms with Crippen molar-refractivity contribution in [1.82, 2.24) is 5.32 Å². The maximum Gasteiger partial charge on any atom is 0.220 e. The van der Waals surface area contributed by atoms with Crippen LogP contribution in [0.25, 0.3) is 0 Å². The van der Waals surface area contributed by atoms with E-state index in [0.29, 0.717) is 18.9 Å². The lowest BCUT2D eigenvalue weighted by molar-refractivity contribution is -0.122. The molecular weight excluding hydrogens is 242 g/mol. The van der Waals surface area contributed by atoms with Crippen molar-refractivity contribution >= 4 is 17.5 Å². The molecule has 1 aliphatic rings. The quantitative estimate of drug-likeness (QED) is 0.678. The van der Waals surface area contributed by atoms with E-state index in [4.69, 9.17) is 21.1 Å². The summed E-state index contributed by atoms with van der Waals surface area (Å²) in [5.74, 6) is 0.590. The predicted molar refractivity (Wildman–Crippen MR) is 67.4 cm³/mol. The number of hydrogen-bond donors (Lipinski definition) is 1. The van der Waals surface area contributed by atoms with Gasteiger partial charge < -0.3 is 14.8 Å². The van der Waals surface area contributed by atoms with E-state index >= 15 is 0 Å². The summed E-state index contributed by atoms with van der Waals surface area (Å²) in [5.41, 5.74) is 0. The number of carbonyl (C=O) groups is 1. The Labute approximate surface area is 108 Å². The molecule has 0 radical (unpaired) electrons. The van der Waals surface area contributed by atoms with E-state index in [1.165, 1.54) is 0 Å². The Bertz CT molecular complexity index is 214. The van der Waals surface area contributed by atoms with Gasteiger partial charge in [-0.1, -0.05) is 0 Å². The third-order valence-electron chi connectivity index (χ3n) is 2.91. The van der Waals surface area contributed by atoms with E-state index in [1.807, 2.05) is 0 Å². The minimum atomic E-state index is 0.0227. The van der Waals surface area contributed by atoms with Gasteiger partial charge in [-0.05, 0) is 25.7 Å². The SMILES string of the molecule is COCC(CCCl)NC(=O)CCC1CCCO1. The van der Waals surface area contributed by atoms with Crippen LogP contribution in [-0.4, -0.2) is 44.3 Å². The molecule has 1 saturated heterocycles. The number of methoxy groups -OCH3 is 1. The van der Waals surface area contributed by atoms with Gasteiger partial charge in [-0.25, -0.2) is 0 Å². The molecule has 1 N–H and O–H groups in total. The lowest BCUT2D eigenvalue weighted by atomic mass is 10.1. The van der Waals surface area contributed by atoms with Gasteiger partial charge in [0.1, 0.15) is 0 Å². The summed E-state index contributed by atoms with van der Waals surface area (Å²) in [6.07, 6.45) is 4.54. The molecule has 0 bridgehead atoms. The number of amides is 1. The lowest BCUT2D eigenvalue weighted by Crippen LogP contribution is -2.38. The van der Waals surface area contributed by atoms with Crippen LogP contribution in [-0.2, 0) is 14.3 Å². The van der Waals surface area contributed by atoms with E-state index in [9.17, 15) is 4.79 Å². The second kappa shape index (κ2) is 8.72. The van der Waals surface area contributed by atoms with Gasteiger partial charge in [-0.15, -0.1) is 11.6 Å². The van der Waals surface area contributed by atoms with Crippen LogP contribution >= 0.6 is 11.6 Å². The van der Waals surface area contributed by atoms with Crippen LogP contribution in [0.1, 0.15) is 32.1 Å². The summed E-state index contributed by atoms with van der Waals surface area (Å²) in [6, 6.07) is 0.0227. The first-order valence-electron chi connectivity index (χ1n) is 6.22. The number of carbonyl (C=O) groups excluding carboxylic acids is 1. The summed E-state index contributed by atoms with van der Waals surface area (Å²) in [5, 5.41) is 2.94. The van der Waals surface area contributed by atoms with Gasteiger partial charge in [0.15, 0.2) is 0 Å². The normalized spacial score (nSPS) is 21.4. The average Bonchev–Trinajstić information content (AvgIpc) is 2.80. The molecule has 1 fully saturated rings. The zero-order chi connectivity index (χ0) is 12.5. The molecule has 4 nitrogen and oxygen atoms in total.